The first-order valence-corrected chi connectivity index (χ1v) is 19.7. The Hall–Kier alpha value is -7.22. The van der Waals surface area contributed by atoms with Crippen molar-refractivity contribution in [3.8, 4) is 22.3 Å². The van der Waals surface area contributed by atoms with Gasteiger partial charge in [0, 0.05) is 17.1 Å². The van der Waals surface area contributed by atoms with Gasteiger partial charge in [-0.05, 0) is 103 Å². The molecule has 0 heterocycles. The van der Waals surface area contributed by atoms with Crippen molar-refractivity contribution in [2.75, 3.05) is 4.90 Å². The Labute approximate surface area is 337 Å². The van der Waals surface area contributed by atoms with E-state index in [4.69, 9.17) is 1.37 Å². The third-order valence-corrected chi connectivity index (χ3v) is 12.3. The molecule has 0 unspecified atom stereocenters. The van der Waals surface area contributed by atoms with E-state index in [1.807, 2.05) is 6.07 Å². The van der Waals surface area contributed by atoms with Crippen LogP contribution in [0.1, 0.15) is 47.2 Å². The van der Waals surface area contributed by atoms with Gasteiger partial charge in [0.2, 0.25) is 0 Å². The molecule has 0 aromatic heterocycles. The molecule has 0 fully saturated rings. The van der Waals surface area contributed by atoms with Crippen LogP contribution < -0.4 is 4.90 Å². The molecule has 0 N–H and O–H groups in total. The molecule has 2 aliphatic carbocycles. The molecule has 2 aliphatic rings. The molecule has 9 aromatic rings. The molecule has 0 amide bonds. The third-order valence-electron chi connectivity index (χ3n) is 12.3. The number of hydrogen-bond donors (Lipinski definition) is 0. The fraction of sp³-hybridized carbons (Fsp3) is 0.0357. The Morgan fingerprint density at radius 3 is 1.07 bits per heavy atom. The largest absolute Gasteiger partial charge is 0.310 e. The molecule has 57 heavy (non-hydrogen) atoms. The highest BCUT2D eigenvalue weighted by Gasteiger charge is 2.48. The maximum absolute atomic E-state index is 9.39. The van der Waals surface area contributed by atoms with Gasteiger partial charge in [-0.2, -0.15) is 0 Å². The second-order valence-corrected chi connectivity index (χ2v) is 15.0. The van der Waals surface area contributed by atoms with Gasteiger partial charge in [-0.3, -0.25) is 0 Å². The van der Waals surface area contributed by atoms with Gasteiger partial charge < -0.3 is 4.90 Å². The molecule has 11 rings (SSSR count). The van der Waals surface area contributed by atoms with Gasteiger partial charge >= 0.3 is 0 Å². The summed E-state index contributed by atoms with van der Waals surface area (Å²) < 4.78 is 17.9. The minimum Gasteiger partial charge on any atom is -0.310 e. The first-order chi connectivity index (χ1) is 29.1. The summed E-state index contributed by atoms with van der Waals surface area (Å²) in [6, 6.07) is 80.8. The Balaban J connectivity index is 1.20. The van der Waals surface area contributed by atoms with E-state index in [1.165, 1.54) is 66.8 Å². The zero-order chi connectivity index (χ0) is 39.6. The van der Waals surface area contributed by atoms with E-state index in [9.17, 15) is 1.37 Å². The number of fused-ring (bicyclic) bond motifs is 6. The van der Waals surface area contributed by atoms with Crippen LogP contribution in [-0.4, -0.2) is 0 Å². The molecule has 0 atom stereocenters. The van der Waals surface area contributed by atoms with Crippen molar-refractivity contribution >= 4 is 17.1 Å². The Morgan fingerprint density at radius 2 is 0.667 bits per heavy atom. The van der Waals surface area contributed by atoms with Crippen molar-refractivity contribution in [3.63, 3.8) is 0 Å². The maximum Gasteiger partial charge on any atom is 0.0714 e. The third kappa shape index (κ3) is 4.82. The summed E-state index contributed by atoms with van der Waals surface area (Å²) in [6.45, 7) is 0. The van der Waals surface area contributed by atoms with Crippen LogP contribution in [0.3, 0.4) is 0 Å². The molecule has 268 valence electrons. The first-order valence-electron chi connectivity index (χ1n) is 20.7. The minimum atomic E-state index is -0.583. The number of hydrogen-bond acceptors (Lipinski definition) is 1. The van der Waals surface area contributed by atoms with E-state index >= 15 is 0 Å². The van der Waals surface area contributed by atoms with Gasteiger partial charge in [0.15, 0.2) is 0 Å². The summed E-state index contributed by atoms with van der Waals surface area (Å²) in [5, 5.41) is 0. The molecular formula is C56H39N. The van der Waals surface area contributed by atoms with Crippen LogP contribution in [0.5, 0.6) is 0 Å². The van der Waals surface area contributed by atoms with Gasteiger partial charge in [-0.25, -0.2) is 0 Å². The molecule has 9 aromatic carbocycles. The van der Waals surface area contributed by atoms with Gasteiger partial charge in [0.1, 0.15) is 0 Å². The molecule has 0 aliphatic heterocycles. The summed E-state index contributed by atoms with van der Waals surface area (Å²) in [4.78, 5) is 2.23. The van der Waals surface area contributed by atoms with Crippen LogP contribution in [0.4, 0.5) is 17.1 Å². The predicted molar refractivity (Wildman–Crippen MR) is 236 cm³/mol. The van der Waals surface area contributed by atoms with Crippen LogP contribution in [0.2, 0.25) is 0 Å². The van der Waals surface area contributed by atoms with Crippen LogP contribution >= 0.6 is 0 Å². The van der Waals surface area contributed by atoms with Crippen LogP contribution in [0, 0.1) is 0 Å². The zero-order valence-corrected chi connectivity index (χ0v) is 31.3. The van der Waals surface area contributed by atoms with Crippen molar-refractivity contribution in [3.05, 3.63) is 281 Å². The quantitative estimate of drug-likeness (QED) is 0.158. The average Bonchev–Trinajstić information content (AvgIpc) is 3.76. The van der Waals surface area contributed by atoms with Crippen LogP contribution in [-0.2, 0) is 10.8 Å². The molecule has 1 nitrogen and oxygen atoms in total. The Kier molecular flexibility index (Phi) is 7.20. The van der Waals surface area contributed by atoms with E-state index in [1.54, 1.807) is 12.1 Å². The Bertz CT molecular complexity index is 2750. The molecule has 0 saturated heterocycles. The second kappa shape index (κ2) is 13.2. The van der Waals surface area contributed by atoms with Gasteiger partial charge in [-0.15, -0.1) is 0 Å². The average molecular weight is 728 g/mol. The smallest absolute Gasteiger partial charge is 0.0714 e. The van der Waals surface area contributed by atoms with Crippen molar-refractivity contribution in [2.24, 2.45) is 0 Å². The number of rotatable bonds is 7. The SMILES string of the molecule is [2H]c1ccc(N(c2ccc3c(c2)C(c2ccccc2)(c2ccccc2)c2ccccc2-3)c2ccc3c(c2)C(c2ccccc2)(c2ccccc2)c2ccccc2-3)c([2H])c1. The summed E-state index contributed by atoms with van der Waals surface area (Å²) in [5.74, 6) is 0. The monoisotopic (exact) mass is 727 g/mol. The van der Waals surface area contributed by atoms with Crippen LogP contribution in [0.15, 0.2) is 237 Å². The lowest BCUT2D eigenvalue weighted by molar-refractivity contribution is 0.767. The fourth-order valence-corrected chi connectivity index (χ4v) is 10.0. The number of para-hydroxylation sites is 1. The number of anilines is 3. The highest BCUT2D eigenvalue weighted by molar-refractivity contribution is 5.92. The molecule has 1 heteroatoms. The van der Waals surface area contributed by atoms with E-state index in [0.717, 1.165) is 11.4 Å². The van der Waals surface area contributed by atoms with E-state index in [2.05, 4.69) is 211 Å². The molecule has 0 bridgehead atoms. The van der Waals surface area contributed by atoms with Crippen molar-refractivity contribution in [1.82, 2.24) is 0 Å². The highest BCUT2D eigenvalue weighted by atomic mass is 15.1. The normalized spacial score (nSPS) is 14.4. The fourth-order valence-electron chi connectivity index (χ4n) is 10.0. The predicted octanol–water partition coefficient (Wildman–Crippen LogP) is 13.9. The van der Waals surface area contributed by atoms with E-state index < -0.39 is 10.8 Å². The molecule has 0 saturated carbocycles. The van der Waals surface area contributed by atoms with Crippen molar-refractivity contribution < 1.29 is 2.74 Å². The van der Waals surface area contributed by atoms with E-state index in [0.29, 0.717) is 17.8 Å². The van der Waals surface area contributed by atoms with Gasteiger partial charge in [0.05, 0.1) is 13.6 Å². The lowest BCUT2D eigenvalue weighted by Crippen LogP contribution is -2.29. The topological polar surface area (TPSA) is 3.24 Å². The molecule has 0 spiro atoms. The number of benzene rings is 9. The van der Waals surface area contributed by atoms with Crippen LogP contribution in [0.25, 0.3) is 22.3 Å². The summed E-state index contributed by atoms with van der Waals surface area (Å²) in [7, 11) is 0. The summed E-state index contributed by atoms with van der Waals surface area (Å²) in [5.41, 5.74) is 16.0. The van der Waals surface area contributed by atoms with Crippen molar-refractivity contribution in [1.29, 1.82) is 0 Å². The standard InChI is InChI=1S/C56H39N/c1-6-20-40(21-7-1)55(41-22-8-2-9-23-41)51-32-18-16-30-47(51)49-36-34-45(38-53(49)55)57(44-28-14-5-15-29-44)46-35-37-50-48-31-17-19-33-52(48)56(54(50)39-46,42-24-10-3-11-25-42)43-26-12-4-13-27-43/h1-39H/i5D,28D. The minimum absolute atomic E-state index is 0.292. The highest BCUT2D eigenvalue weighted by Crippen LogP contribution is 2.59. The molecular weight excluding hydrogens is 687 g/mol. The summed E-state index contributed by atoms with van der Waals surface area (Å²) >= 11 is 0. The first kappa shape index (κ1) is 31.0. The van der Waals surface area contributed by atoms with Crippen molar-refractivity contribution in [2.45, 2.75) is 10.8 Å². The maximum atomic E-state index is 9.39. The zero-order valence-electron chi connectivity index (χ0n) is 33.3. The lowest BCUT2D eigenvalue weighted by Gasteiger charge is -2.36. The number of nitrogens with zero attached hydrogens (tertiary/aromatic N) is 1. The summed E-state index contributed by atoms with van der Waals surface area (Å²) in [6.07, 6.45) is 0. The molecule has 0 radical (unpaired) electrons. The van der Waals surface area contributed by atoms with Gasteiger partial charge in [-0.1, -0.05) is 200 Å². The second-order valence-electron chi connectivity index (χ2n) is 15.0. The van der Waals surface area contributed by atoms with E-state index in [-0.39, 0.29) is 0 Å². The lowest BCUT2D eigenvalue weighted by atomic mass is 9.67. The van der Waals surface area contributed by atoms with Gasteiger partial charge in [0.25, 0.3) is 0 Å². The Morgan fingerprint density at radius 1 is 0.298 bits per heavy atom.